The highest BCUT2D eigenvalue weighted by Gasteiger charge is 2.06. The molecule has 0 spiro atoms. The Morgan fingerprint density at radius 1 is 1.00 bits per heavy atom. The normalized spacial score (nSPS) is 10.6. The summed E-state index contributed by atoms with van der Waals surface area (Å²) in [6.07, 6.45) is 3.41. The van der Waals surface area contributed by atoms with E-state index in [0.29, 0.717) is 5.58 Å². The summed E-state index contributed by atoms with van der Waals surface area (Å²) in [4.78, 5) is 15.5. The van der Waals surface area contributed by atoms with Gasteiger partial charge in [-0.1, -0.05) is 18.2 Å². The van der Waals surface area contributed by atoms with E-state index in [2.05, 4.69) is 4.98 Å². The molecule has 0 aliphatic carbocycles. The number of fused-ring (bicyclic) bond motifs is 1. The van der Waals surface area contributed by atoms with Crippen LogP contribution >= 0.6 is 0 Å². The van der Waals surface area contributed by atoms with Crippen LogP contribution in [0.15, 0.2) is 64.1 Å². The molecule has 3 aromatic rings. The van der Waals surface area contributed by atoms with Crippen LogP contribution in [0, 0.1) is 0 Å². The van der Waals surface area contributed by atoms with Crippen molar-refractivity contribution in [2.75, 3.05) is 0 Å². The molecule has 0 atom stereocenters. The summed E-state index contributed by atoms with van der Waals surface area (Å²) in [5.74, 6) is 0. The summed E-state index contributed by atoms with van der Waals surface area (Å²) in [6, 6.07) is 12.8. The summed E-state index contributed by atoms with van der Waals surface area (Å²) < 4.78 is 5.15. The van der Waals surface area contributed by atoms with Crippen LogP contribution in [0.25, 0.3) is 22.1 Å². The van der Waals surface area contributed by atoms with Crippen LogP contribution in [0.2, 0.25) is 0 Å². The van der Waals surface area contributed by atoms with E-state index in [9.17, 15) is 4.79 Å². The number of hydrogen-bond donors (Lipinski definition) is 0. The molecule has 82 valence electrons. The molecule has 3 rings (SSSR count). The topological polar surface area (TPSA) is 43.1 Å². The summed E-state index contributed by atoms with van der Waals surface area (Å²) in [6.45, 7) is 0. The van der Waals surface area contributed by atoms with Crippen molar-refractivity contribution in [2.24, 2.45) is 0 Å². The zero-order valence-electron chi connectivity index (χ0n) is 8.96. The van der Waals surface area contributed by atoms with Gasteiger partial charge < -0.3 is 4.42 Å². The first-order chi connectivity index (χ1) is 8.34. The second kappa shape index (κ2) is 3.87. The molecule has 3 nitrogen and oxygen atoms in total. The Hall–Kier alpha value is -2.42. The van der Waals surface area contributed by atoms with Crippen LogP contribution in [0.4, 0.5) is 0 Å². The van der Waals surface area contributed by atoms with Crippen molar-refractivity contribution in [1.82, 2.24) is 4.98 Å². The predicted octanol–water partition coefficient (Wildman–Crippen LogP) is 2.86. The summed E-state index contributed by atoms with van der Waals surface area (Å²) >= 11 is 0. The molecule has 2 aromatic heterocycles. The lowest BCUT2D eigenvalue weighted by Gasteiger charge is -2.04. The molecule has 1 aromatic carbocycles. The lowest BCUT2D eigenvalue weighted by Crippen LogP contribution is -1.97. The van der Waals surface area contributed by atoms with Crippen LogP contribution in [-0.4, -0.2) is 4.98 Å². The van der Waals surface area contributed by atoms with Crippen molar-refractivity contribution in [3.05, 3.63) is 65.3 Å². The molecule has 0 aliphatic rings. The number of pyridine rings is 1. The molecule has 0 bridgehead atoms. The first-order valence-electron chi connectivity index (χ1n) is 5.28. The van der Waals surface area contributed by atoms with Gasteiger partial charge in [0.25, 0.3) is 0 Å². The van der Waals surface area contributed by atoms with Crippen molar-refractivity contribution in [2.45, 2.75) is 0 Å². The van der Waals surface area contributed by atoms with Crippen molar-refractivity contribution in [3.8, 4) is 11.1 Å². The lowest BCUT2D eigenvalue weighted by molar-refractivity contribution is 0.561. The monoisotopic (exact) mass is 223 g/mol. The van der Waals surface area contributed by atoms with Gasteiger partial charge >= 0.3 is 5.63 Å². The fraction of sp³-hybridized carbons (Fsp3) is 0. The maximum absolute atomic E-state index is 11.5. The largest absolute Gasteiger partial charge is 0.423 e. The fourth-order valence-electron chi connectivity index (χ4n) is 1.88. The molecule has 0 N–H and O–H groups in total. The van der Waals surface area contributed by atoms with Crippen molar-refractivity contribution in [3.63, 3.8) is 0 Å². The van der Waals surface area contributed by atoms with Crippen LogP contribution in [0.1, 0.15) is 0 Å². The molecule has 0 unspecified atom stereocenters. The van der Waals surface area contributed by atoms with E-state index in [1.807, 2.05) is 30.3 Å². The maximum atomic E-state index is 11.5. The zero-order chi connectivity index (χ0) is 11.7. The lowest BCUT2D eigenvalue weighted by atomic mass is 10.0. The first-order valence-corrected chi connectivity index (χ1v) is 5.28. The third-order valence-electron chi connectivity index (χ3n) is 2.64. The van der Waals surface area contributed by atoms with Gasteiger partial charge in [-0.15, -0.1) is 0 Å². The van der Waals surface area contributed by atoms with Crippen LogP contribution in [-0.2, 0) is 0 Å². The van der Waals surface area contributed by atoms with Gasteiger partial charge in [0.1, 0.15) is 5.58 Å². The third-order valence-corrected chi connectivity index (χ3v) is 2.64. The van der Waals surface area contributed by atoms with Gasteiger partial charge in [-0.3, -0.25) is 4.98 Å². The molecule has 0 amide bonds. The molecule has 0 fully saturated rings. The smallest absolute Gasteiger partial charge is 0.336 e. The Kier molecular flexibility index (Phi) is 2.22. The quantitative estimate of drug-likeness (QED) is 0.596. The standard InChI is InChI=1S/C14H9NO2/c16-14-9-12(10-5-7-15-8-6-10)11-3-1-2-4-13(11)17-14/h1-9H. The highest BCUT2D eigenvalue weighted by Crippen LogP contribution is 2.26. The predicted molar refractivity (Wildman–Crippen MR) is 65.7 cm³/mol. The van der Waals surface area contributed by atoms with Gasteiger partial charge in [0, 0.05) is 23.8 Å². The highest BCUT2D eigenvalue weighted by atomic mass is 16.4. The second-order valence-electron chi connectivity index (χ2n) is 3.71. The first kappa shape index (κ1) is 9.78. The Bertz CT molecular complexity index is 717. The van der Waals surface area contributed by atoms with Crippen LogP contribution in [0.5, 0.6) is 0 Å². The Labute approximate surface area is 97.4 Å². The van der Waals surface area contributed by atoms with Crippen molar-refractivity contribution < 1.29 is 4.42 Å². The SMILES string of the molecule is O=c1cc(-c2ccncc2)c2ccccc2o1. The average Bonchev–Trinajstić information content (AvgIpc) is 2.39. The Morgan fingerprint density at radius 2 is 1.76 bits per heavy atom. The van der Waals surface area contributed by atoms with Gasteiger partial charge in [-0.2, -0.15) is 0 Å². The number of rotatable bonds is 1. The van der Waals surface area contributed by atoms with E-state index >= 15 is 0 Å². The van der Waals surface area contributed by atoms with E-state index in [1.54, 1.807) is 18.5 Å². The summed E-state index contributed by atoms with van der Waals surface area (Å²) in [5.41, 5.74) is 2.10. The van der Waals surface area contributed by atoms with E-state index in [1.165, 1.54) is 6.07 Å². The second-order valence-corrected chi connectivity index (χ2v) is 3.71. The summed E-state index contributed by atoms with van der Waals surface area (Å²) in [7, 11) is 0. The maximum Gasteiger partial charge on any atom is 0.336 e. The average molecular weight is 223 g/mol. The van der Waals surface area contributed by atoms with Gasteiger partial charge in [0.15, 0.2) is 0 Å². The number of nitrogens with zero attached hydrogens (tertiary/aromatic N) is 1. The minimum Gasteiger partial charge on any atom is -0.423 e. The molecule has 2 heterocycles. The molecule has 3 heteroatoms. The number of para-hydroxylation sites is 1. The molecule has 17 heavy (non-hydrogen) atoms. The highest BCUT2D eigenvalue weighted by molar-refractivity contribution is 5.92. The molecular weight excluding hydrogens is 214 g/mol. The Balaban J connectivity index is 2.40. The van der Waals surface area contributed by atoms with E-state index in [0.717, 1.165) is 16.5 Å². The third kappa shape index (κ3) is 1.72. The molecular formula is C14H9NO2. The zero-order valence-corrected chi connectivity index (χ0v) is 8.96. The van der Waals surface area contributed by atoms with Gasteiger partial charge in [-0.25, -0.2) is 4.79 Å². The van der Waals surface area contributed by atoms with Crippen molar-refractivity contribution >= 4 is 11.0 Å². The fourth-order valence-corrected chi connectivity index (χ4v) is 1.88. The Morgan fingerprint density at radius 3 is 2.59 bits per heavy atom. The van der Waals surface area contributed by atoms with Gasteiger partial charge in [-0.05, 0) is 29.3 Å². The molecule has 0 saturated carbocycles. The van der Waals surface area contributed by atoms with E-state index in [-0.39, 0.29) is 5.63 Å². The van der Waals surface area contributed by atoms with Gasteiger partial charge in [0.05, 0.1) is 0 Å². The number of benzene rings is 1. The van der Waals surface area contributed by atoms with E-state index < -0.39 is 0 Å². The van der Waals surface area contributed by atoms with Crippen LogP contribution in [0.3, 0.4) is 0 Å². The molecule has 0 aliphatic heterocycles. The number of aromatic nitrogens is 1. The molecule has 0 radical (unpaired) electrons. The number of hydrogen-bond acceptors (Lipinski definition) is 3. The molecule has 0 saturated heterocycles. The minimum atomic E-state index is -0.337. The van der Waals surface area contributed by atoms with Crippen molar-refractivity contribution in [1.29, 1.82) is 0 Å². The van der Waals surface area contributed by atoms with E-state index in [4.69, 9.17) is 4.42 Å². The minimum absolute atomic E-state index is 0.337. The summed E-state index contributed by atoms with van der Waals surface area (Å²) in [5, 5.41) is 0.929. The van der Waals surface area contributed by atoms with Gasteiger partial charge in [0.2, 0.25) is 0 Å². The van der Waals surface area contributed by atoms with Crippen LogP contribution < -0.4 is 5.63 Å².